The summed E-state index contributed by atoms with van der Waals surface area (Å²) in [6, 6.07) is 10.3. The first-order valence-corrected chi connectivity index (χ1v) is 7.96. The average molecular weight is 290 g/mol. The summed E-state index contributed by atoms with van der Waals surface area (Å²) in [6.07, 6.45) is 1.99. The zero-order chi connectivity index (χ0) is 14.4. The highest BCUT2D eigenvalue weighted by Gasteiger charge is 2.20. The quantitative estimate of drug-likeness (QED) is 0.846. The molecule has 2 rings (SSSR count). The van der Waals surface area contributed by atoms with E-state index in [2.05, 4.69) is 19.1 Å². The summed E-state index contributed by atoms with van der Waals surface area (Å²) in [4.78, 5) is 5.96. The standard InChI is InChI=1S/C16H22N2OS/c1-3-8-13-14(11-17)20-16(18-13)15(19-4-2)12-9-6-5-7-10-12/h5-7,9-10,15H,3-4,8,11,17H2,1-2H3. The minimum atomic E-state index is -0.0814. The van der Waals surface area contributed by atoms with Crippen LogP contribution in [-0.4, -0.2) is 11.6 Å². The van der Waals surface area contributed by atoms with Gasteiger partial charge in [-0.05, 0) is 18.9 Å². The Kier molecular flexibility index (Phi) is 5.71. The zero-order valence-electron chi connectivity index (χ0n) is 12.1. The summed E-state index contributed by atoms with van der Waals surface area (Å²) in [6.45, 7) is 5.40. The molecule has 0 saturated heterocycles. The Balaban J connectivity index is 2.34. The Hall–Kier alpha value is -1.23. The van der Waals surface area contributed by atoms with E-state index in [-0.39, 0.29) is 6.10 Å². The Morgan fingerprint density at radius 3 is 2.60 bits per heavy atom. The van der Waals surface area contributed by atoms with Crippen LogP contribution < -0.4 is 5.73 Å². The van der Waals surface area contributed by atoms with Gasteiger partial charge in [0.15, 0.2) is 0 Å². The number of ether oxygens (including phenoxy) is 1. The summed E-state index contributed by atoms with van der Waals surface area (Å²) >= 11 is 1.68. The van der Waals surface area contributed by atoms with Gasteiger partial charge in [-0.15, -0.1) is 11.3 Å². The number of rotatable bonds is 7. The summed E-state index contributed by atoms with van der Waals surface area (Å²) in [5, 5.41) is 1.02. The molecular weight excluding hydrogens is 268 g/mol. The summed E-state index contributed by atoms with van der Waals surface area (Å²) < 4.78 is 5.91. The minimum Gasteiger partial charge on any atom is -0.367 e. The molecule has 0 spiro atoms. The van der Waals surface area contributed by atoms with Crippen LogP contribution in [0.3, 0.4) is 0 Å². The van der Waals surface area contributed by atoms with Crippen LogP contribution in [-0.2, 0) is 17.7 Å². The van der Waals surface area contributed by atoms with Crippen molar-refractivity contribution >= 4 is 11.3 Å². The van der Waals surface area contributed by atoms with Crippen LogP contribution >= 0.6 is 11.3 Å². The molecule has 0 saturated carbocycles. The van der Waals surface area contributed by atoms with E-state index in [0.717, 1.165) is 29.1 Å². The fourth-order valence-electron chi connectivity index (χ4n) is 2.21. The van der Waals surface area contributed by atoms with Crippen molar-refractivity contribution in [3.05, 3.63) is 51.5 Å². The normalized spacial score (nSPS) is 12.6. The molecule has 0 aliphatic rings. The van der Waals surface area contributed by atoms with E-state index in [4.69, 9.17) is 15.5 Å². The smallest absolute Gasteiger partial charge is 0.134 e. The Bertz CT molecular complexity index is 525. The Labute approximate surface area is 124 Å². The molecule has 2 N–H and O–H groups in total. The predicted molar refractivity (Wildman–Crippen MR) is 83.9 cm³/mol. The van der Waals surface area contributed by atoms with Gasteiger partial charge in [-0.1, -0.05) is 43.7 Å². The lowest BCUT2D eigenvalue weighted by molar-refractivity contribution is 0.0910. The maximum atomic E-state index is 5.91. The van der Waals surface area contributed by atoms with Crippen LogP contribution in [0.2, 0.25) is 0 Å². The van der Waals surface area contributed by atoms with Gasteiger partial charge in [-0.3, -0.25) is 0 Å². The lowest BCUT2D eigenvalue weighted by atomic mass is 10.1. The van der Waals surface area contributed by atoms with Crippen molar-refractivity contribution in [2.75, 3.05) is 6.61 Å². The highest BCUT2D eigenvalue weighted by atomic mass is 32.1. The number of hydrogen-bond acceptors (Lipinski definition) is 4. The molecule has 0 radical (unpaired) electrons. The number of nitrogens with two attached hydrogens (primary N) is 1. The fraction of sp³-hybridized carbons (Fsp3) is 0.438. The van der Waals surface area contributed by atoms with Crippen molar-refractivity contribution in [1.29, 1.82) is 0 Å². The Morgan fingerprint density at radius 2 is 2.00 bits per heavy atom. The number of hydrogen-bond donors (Lipinski definition) is 1. The Morgan fingerprint density at radius 1 is 1.25 bits per heavy atom. The monoisotopic (exact) mass is 290 g/mol. The van der Waals surface area contributed by atoms with Crippen molar-refractivity contribution in [3.63, 3.8) is 0 Å². The van der Waals surface area contributed by atoms with Crippen molar-refractivity contribution in [1.82, 2.24) is 4.98 Å². The molecule has 1 aromatic carbocycles. The van der Waals surface area contributed by atoms with Crippen LogP contribution in [0.1, 0.15) is 47.5 Å². The summed E-state index contributed by atoms with van der Waals surface area (Å²) in [5.74, 6) is 0. The van der Waals surface area contributed by atoms with E-state index >= 15 is 0 Å². The van der Waals surface area contributed by atoms with Gasteiger partial charge >= 0.3 is 0 Å². The molecule has 1 aromatic heterocycles. The molecule has 0 aliphatic carbocycles. The van der Waals surface area contributed by atoms with E-state index < -0.39 is 0 Å². The lowest BCUT2D eigenvalue weighted by Gasteiger charge is -2.14. The number of nitrogens with zero attached hydrogens (tertiary/aromatic N) is 1. The van der Waals surface area contributed by atoms with Crippen molar-refractivity contribution in [2.45, 2.75) is 39.3 Å². The second kappa shape index (κ2) is 7.53. The minimum absolute atomic E-state index is 0.0814. The highest BCUT2D eigenvalue weighted by molar-refractivity contribution is 7.11. The molecule has 1 unspecified atom stereocenters. The third kappa shape index (κ3) is 3.45. The summed E-state index contributed by atoms with van der Waals surface area (Å²) in [7, 11) is 0. The lowest BCUT2D eigenvalue weighted by Crippen LogP contribution is -2.06. The van der Waals surface area contributed by atoms with Gasteiger partial charge in [0.25, 0.3) is 0 Å². The van der Waals surface area contributed by atoms with E-state index in [9.17, 15) is 0 Å². The van der Waals surface area contributed by atoms with Gasteiger partial charge in [0.05, 0.1) is 5.69 Å². The van der Waals surface area contributed by atoms with Crippen LogP contribution in [0.15, 0.2) is 30.3 Å². The van der Waals surface area contributed by atoms with E-state index in [0.29, 0.717) is 13.2 Å². The van der Waals surface area contributed by atoms with Gasteiger partial charge in [0.2, 0.25) is 0 Å². The average Bonchev–Trinajstić information content (AvgIpc) is 2.89. The molecule has 0 bridgehead atoms. The van der Waals surface area contributed by atoms with E-state index in [1.807, 2.05) is 25.1 Å². The predicted octanol–water partition coefficient (Wildman–Crippen LogP) is 3.68. The maximum absolute atomic E-state index is 5.91. The zero-order valence-corrected chi connectivity index (χ0v) is 13.0. The first kappa shape index (κ1) is 15.2. The van der Waals surface area contributed by atoms with E-state index in [1.54, 1.807) is 11.3 Å². The number of benzene rings is 1. The van der Waals surface area contributed by atoms with Gasteiger partial charge in [0, 0.05) is 18.0 Å². The van der Waals surface area contributed by atoms with Gasteiger partial charge in [-0.25, -0.2) is 4.98 Å². The van der Waals surface area contributed by atoms with Gasteiger partial charge < -0.3 is 10.5 Å². The SMILES string of the molecule is CCCc1nc(C(OCC)c2ccccc2)sc1CN. The highest BCUT2D eigenvalue weighted by Crippen LogP contribution is 2.31. The largest absolute Gasteiger partial charge is 0.367 e. The molecule has 0 aliphatic heterocycles. The van der Waals surface area contributed by atoms with Crippen molar-refractivity contribution in [3.8, 4) is 0 Å². The molecule has 108 valence electrons. The van der Waals surface area contributed by atoms with E-state index in [1.165, 1.54) is 4.88 Å². The number of thiazole rings is 1. The molecule has 3 nitrogen and oxygen atoms in total. The first-order chi connectivity index (χ1) is 9.80. The third-order valence-electron chi connectivity index (χ3n) is 3.13. The number of aryl methyl sites for hydroxylation is 1. The first-order valence-electron chi connectivity index (χ1n) is 7.15. The molecule has 2 aromatic rings. The molecule has 0 amide bonds. The topological polar surface area (TPSA) is 48.1 Å². The summed E-state index contributed by atoms with van der Waals surface area (Å²) in [5.41, 5.74) is 8.12. The van der Waals surface area contributed by atoms with Crippen molar-refractivity contribution in [2.24, 2.45) is 5.73 Å². The van der Waals surface area contributed by atoms with Crippen LogP contribution in [0.25, 0.3) is 0 Å². The molecule has 1 heterocycles. The maximum Gasteiger partial charge on any atom is 0.134 e. The second-order valence-corrected chi connectivity index (χ2v) is 5.74. The van der Waals surface area contributed by atoms with Crippen molar-refractivity contribution < 1.29 is 4.74 Å². The second-order valence-electron chi connectivity index (χ2n) is 4.62. The van der Waals surface area contributed by atoms with Gasteiger partial charge in [0.1, 0.15) is 11.1 Å². The molecule has 1 atom stereocenters. The molecule has 20 heavy (non-hydrogen) atoms. The molecule has 0 fully saturated rings. The third-order valence-corrected chi connectivity index (χ3v) is 4.29. The van der Waals surface area contributed by atoms with Gasteiger partial charge in [-0.2, -0.15) is 0 Å². The van der Waals surface area contributed by atoms with Crippen LogP contribution in [0.5, 0.6) is 0 Å². The molecular formula is C16H22N2OS. The molecule has 4 heteroatoms. The van der Waals surface area contributed by atoms with Crippen LogP contribution in [0.4, 0.5) is 0 Å². The number of aromatic nitrogens is 1. The van der Waals surface area contributed by atoms with Crippen LogP contribution in [0, 0.1) is 0 Å². The fourth-order valence-corrected chi connectivity index (χ4v) is 3.28.